The fourth-order valence-corrected chi connectivity index (χ4v) is 4.08. The zero-order valence-electron chi connectivity index (χ0n) is 15.8. The summed E-state index contributed by atoms with van der Waals surface area (Å²) < 4.78 is 5.05. The standard InChI is InChI=1S/C21H25NO5/c1-13-7-8-15(14(2)11-13)18(23)12-27-19(24)9-10-22-20(25)16-5-3-4-6-17(16)21(22)26/h7-8,11,16-17H,3-6,9-10,12H2,1-2H3/t16-,17-/m0/s1. The molecule has 144 valence electrons. The van der Waals surface area contributed by atoms with E-state index in [9.17, 15) is 19.2 Å². The maximum absolute atomic E-state index is 12.4. The summed E-state index contributed by atoms with van der Waals surface area (Å²) in [5.41, 5.74) is 2.43. The molecule has 1 saturated carbocycles. The Kier molecular flexibility index (Phi) is 5.73. The van der Waals surface area contributed by atoms with E-state index in [2.05, 4.69) is 0 Å². The number of imide groups is 1. The number of fused-ring (bicyclic) bond motifs is 1. The van der Waals surface area contributed by atoms with Gasteiger partial charge in [-0.05, 0) is 32.3 Å². The molecule has 2 fully saturated rings. The molecule has 0 aromatic heterocycles. The lowest BCUT2D eigenvalue weighted by atomic mass is 9.81. The van der Waals surface area contributed by atoms with Crippen molar-refractivity contribution in [1.82, 2.24) is 4.90 Å². The molecule has 0 spiro atoms. The number of aryl methyl sites for hydroxylation is 2. The summed E-state index contributed by atoms with van der Waals surface area (Å²) >= 11 is 0. The van der Waals surface area contributed by atoms with E-state index in [0.29, 0.717) is 5.56 Å². The fraction of sp³-hybridized carbons (Fsp3) is 0.524. The van der Waals surface area contributed by atoms with Crippen molar-refractivity contribution in [1.29, 1.82) is 0 Å². The molecule has 3 rings (SSSR count). The minimum atomic E-state index is -0.580. The molecular weight excluding hydrogens is 346 g/mol. The number of hydrogen-bond donors (Lipinski definition) is 0. The van der Waals surface area contributed by atoms with Crippen LogP contribution in [0.25, 0.3) is 0 Å². The summed E-state index contributed by atoms with van der Waals surface area (Å²) in [4.78, 5) is 50.2. The quantitative estimate of drug-likeness (QED) is 0.436. The lowest BCUT2D eigenvalue weighted by molar-refractivity contribution is -0.145. The van der Waals surface area contributed by atoms with Gasteiger partial charge in [0.05, 0.1) is 18.3 Å². The topological polar surface area (TPSA) is 80.8 Å². The van der Waals surface area contributed by atoms with Crippen molar-refractivity contribution >= 4 is 23.6 Å². The van der Waals surface area contributed by atoms with Crippen molar-refractivity contribution in [3.63, 3.8) is 0 Å². The third-order valence-electron chi connectivity index (χ3n) is 5.52. The Morgan fingerprint density at radius 3 is 2.30 bits per heavy atom. The smallest absolute Gasteiger partial charge is 0.308 e. The average molecular weight is 371 g/mol. The lowest BCUT2D eigenvalue weighted by Gasteiger charge is -2.19. The number of esters is 1. The predicted molar refractivity (Wildman–Crippen MR) is 98.0 cm³/mol. The molecule has 1 aliphatic carbocycles. The van der Waals surface area contributed by atoms with Crippen LogP contribution >= 0.6 is 0 Å². The van der Waals surface area contributed by atoms with E-state index in [0.717, 1.165) is 36.8 Å². The van der Waals surface area contributed by atoms with Gasteiger partial charge in [0.1, 0.15) is 0 Å². The van der Waals surface area contributed by atoms with Gasteiger partial charge >= 0.3 is 5.97 Å². The average Bonchev–Trinajstić information content (AvgIpc) is 2.89. The molecule has 0 N–H and O–H groups in total. The Hall–Kier alpha value is -2.50. The van der Waals surface area contributed by atoms with Gasteiger partial charge in [0, 0.05) is 12.1 Å². The lowest BCUT2D eigenvalue weighted by Crippen LogP contribution is -2.33. The first kappa shape index (κ1) is 19.3. The van der Waals surface area contributed by atoms with Gasteiger partial charge in [0.15, 0.2) is 6.61 Å². The summed E-state index contributed by atoms with van der Waals surface area (Å²) in [5, 5.41) is 0. The van der Waals surface area contributed by atoms with Crippen LogP contribution in [0.2, 0.25) is 0 Å². The van der Waals surface area contributed by atoms with Gasteiger partial charge in [-0.1, -0.05) is 36.6 Å². The number of rotatable bonds is 6. The van der Waals surface area contributed by atoms with E-state index in [-0.39, 0.29) is 49.0 Å². The summed E-state index contributed by atoms with van der Waals surface area (Å²) in [6.07, 6.45) is 3.35. The van der Waals surface area contributed by atoms with Gasteiger partial charge in [-0.25, -0.2) is 0 Å². The number of benzene rings is 1. The second-order valence-corrected chi connectivity index (χ2v) is 7.48. The van der Waals surface area contributed by atoms with E-state index in [1.165, 1.54) is 4.90 Å². The normalized spacial score (nSPS) is 21.9. The first-order valence-electron chi connectivity index (χ1n) is 9.50. The number of ketones is 1. The van der Waals surface area contributed by atoms with Gasteiger partial charge in [0.25, 0.3) is 0 Å². The zero-order chi connectivity index (χ0) is 19.6. The maximum atomic E-state index is 12.4. The molecule has 0 radical (unpaired) electrons. The molecule has 1 aromatic rings. The third kappa shape index (κ3) is 4.10. The van der Waals surface area contributed by atoms with Crippen LogP contribution in [0.5, 0.6) is 0 Å². The van der Waals surface area contributed by atoms with Crippen LogP contribution in [0.1, 0.15) is 53.6 Å². The van der Waals surface area contributed by atoms with Gasteiger partial charge in [-0.2, -0.15) is 0 Å². The highest BCUT2D eigenvalue weighted by Gasteiger charge is 2.47. The molecule has 1 aliphatic heterocycles. The zero-order valence-corrected chi connectivity index (χ0v) is 15.8. The Bertz CT molecular complexity index is 761. The van der Waals surface area contributed by atoms with Crippen molar-refractivity contribution in [2.24, 2.45) is 11.8 Å². The van der Waals surface area contributed by atoms with Crippen molar-refractivity contribution < 1.29 is 23.9 Å². The van der Waals surface area contributed by atoms with Crippen molar-refractivity contribution in [2.75, 3.05) is 13.2 Å². The van der Waals surface area contributed by atoms with Crippen LogP contribution in [-0.2, 0) is 19.1 Å². The highest BCUT2D eigenvalue weighted by Crippen LogP contribution is 2.37. The van der Waals surface area contributed by atoms with Crippen LogP contribution in [-0.4, -0.2) is 41.6 Å². The van der Waals surface area contributed by atoms with E-state index in [1.807, 2.05) is 26.0 Å². The van der Waals surface area contributed by atoms with E-state index >= 15 is 0 Å². The Labute approximate surface area is 158 Å². The maximum Gasteiger partial charge on any atom is 0.308 e. The number of Topliss-reactive ketones (excluding diaryl/α,β-unsaturated/α-hetero) is 1. The van der Waals surface area contributed by atoms with Crippen LogP contribution < -0.4 is 0 Å². The number of amides is 2. The molecule has 1 heterocycles. The predicted octanol–water partition coefficient (Wildman–Crippen LogP) is 2.59. The molecular formula is C21H25NO5. The molecule has 0 bridgehead atoms. The minimum absolute atomic E-state index is 0.0290. The number of hydrogen-bond acceptors (Lipinski definition) is 5. The largest absolute Gasteiger partial charge is 0.457 e. The number of nitrogens with zero attached hydrogens (tertiary/aromatic N) is 1. The minimum Gasteiger partial charge on any atom is -0.457 e. The van der Waals surface area contributed by atoms with E-state index < -0.39 is 5.97 Å². The first-order valence-corrected chi connectivity index (χ1v) is 9.50. The summed E-state index contributed by atoms with van der Waals surface area (Å²) in [6.45, 7) is 3.47. The molecule has 0 unspecified atom stereocenters. The van der Waals surface area contributed by atoms with E-state index in [1.54, 1.807) is 6.07 Å². The highest BCUT2D eigenvalue weighted by molar-refractivity contribution is 6.05. The van der Waals surface area contributed by atoms with Crippen molar-refractivity contribution in [2.45, 2.75) is 46.0 Å². The number of likely N-dealkylation sites (tertiary alicyclic amines) is 1. The van der Waals surface area contributed by atoms with Crippen LogP contribution in [0.4, 0.5) is 0 Å². The highest BCUT2D eigenvalue weighted by atomic mass is 16.5. The molecule has 1 aromatic carbocycles. The Morgan fingerprint density at radius 2 is 1.70 bits per heavy atom. The number of carbonyl (C=O) groups excluding carboxylic acids is 4. The fourth-order valence-electron chi connectivity index (χ4n) is 4.08. The monoisotopic (exact) mass is 371 g/mol. The molecule has 6 heteroatoms. The Balaban J connectivity index is 1.49. The summed E-state index contributed by atoms with van der Waals surface area (Å²) in [6, 6.07) is 5.47. The van der Waals surface area contributed by atoms with Crippen molar-refractivity contribution in [3.8, 4) is 0 Å². The van der Waals surface area contributed by atoms with Crippen LogP contribution in [0.15, 0.2) is 18.2 Å². The first-order chi connectivity index (χ1) is 12.9. The second-order valence-electron chi connectivity index (χ2n) is 7.48. The van der Waals surface area contributed by atoms with Crippen LogP contribution in [0.3, 0.4) is 0 Å². The van der Waals surface area contributed by atoms with E-state index in [4.69, 9.17) is 4.74 Å². The van der Waals surface area contributed by atoms with Crippen LogP contribution in [0, 0.1) is 25.7 Å². The third-order valence-corrected chi connectivity index (χ3v) is 5.52. The summed E-state index contributed by atoms with van der Waals surface area (Å²) in [7, 11) is 0. The van der Waals surface area contributed by atoms with Gasteiger partial charge in [-0.15, -0.1) is 0 Å². The molecule has 2 atom stereocenters. The Morgan fingerprint density at radius 1 is 1.07 bits per heavy atom. The molecule has 27 heavy (non-hydrogen) atoms. The molecule has 6 nitrogen and oxygen atoms in total. The van der Waals surface area contributed by atoms with Gasteiger partial charge in [-0.3, -0.25) is 24.1 Å². The van der Waals surface area contributed by atoms with Gasteiger partial charge < -0.3 is 4.74 Å². The number of carbonyl (C=O) groups is 4. The summed E-state index contributed by atoms with van der Waals surface area (Å²) in [5.74, 6) is -1.60. The molecule has 1 saturated heterocycles. The molecule has 2 aliphatic rings. The SMILES string of the molecule is Cc1ccc(C(=O)COC(=O)CCN2C(=O)[C@H]3CCCC[C@@H]3C2=O)c(C)c1. The van der Waals surface area contributed by atoms with Crippen molar-refractivity contribution in [3.05, 3.63) is 34.9 Å². The second kappa shape index (κ2) is 8.03. The van der Waals surface area contributed by atoms with Gasteiger partial charge in [0.2, 0.25) is 17.6 Å². The molecule has 2 amide bonds. The number of ether oxygens (including phenoxy) is 1.